The highest BCUT2D eigenvalue weighted by molar-refractivity contribution is 7.99. The maximum absolute atomic E-state index is 12.0. The lowest BCUT2D eigenvalue weighted by molar-refractivity contribution is 0.0636. The van der Waals surface area contributed by atoms with Gasteiger partial charge in [-0.1, -0.05) is 12.1 Å². The molecule has 2 heterocycles. The van der Waals surface area contributed by atoms with E-state index < -0.39 is 11.7 Å². The van der Waals surface area contributed by atoms with Crippen molar-refractivity contribution < 1.29 is 19.0 Å². The van der Waals surface area contributed by atoms with Crippen LogP contribution in [0.15, 0.2) is 58.8 Å². The van der Waals surface area contributed by atoms with E-state index in [4.69, 9.17) is 24.9 Å². The number of nitrogens with one attached hydrogen (secondary N) is 1. The Labute approximate surface area is 219 Å². The van der Waals surface area contributed by atoms with Gasteiger partial charge >= 0.3 is 6.09 Å². The van der Waals surface area contributed by atoms with Crippen molar-refractivity contribution in [2.75, 3.05) is 25.3 Å². The summed E-state index contributed by atoms with van der Waals surface area (Å²) in [6.07, 6.45) is 1.91. The number of aromatic nitrogens is 4. The van der Waals surface area contributed by atoms with Crippen molar-refractivity contribution in [2.45, 2.75) is 49.4 Å². The van der Waals surface area contributed by atoms with Crippen LogP contribution in [0.1, 0.15) is 26.3 Å². The largest absolute Gasteiger partial charge is 0.497 e. The molecule has 0 unspecified atom stereocenters. The summed E-state index contributed by atoms with van der Waals surface area (Å²) < 4.78 is 18.0. The number of hydrogen-bond acceptors (Lipinski definition) is 9. The molecule has 1 amide bonds. The van der Waals surface area contributed by atoms with E-state index in [9.17, 15) is 4.79 Å². The number of aryl methyl sites for hydroxylation is 2. The van der Waals surface area contributed by atoms with Crippen LogP contribution in [0, 0.1) is 0 Å². The number of ether oxygens (including phenoxy) is 3. The van der Waals surface area contributed by atoms with Gasteiger partial charge in [-0.25, -0.2) is 19.7 Å². The van der Waals surface area contributed by atoms with Gasteiger partial charge in [0.2, 0.25) is 0 Å². The van der Waals surface area contributed by atoms with Crippen molar-refractivity contribution in [1.29, 1.82) is 0 Å². The number of carbonyl (C=O) groups is 1. The molecule has 2 aromatic carbocycles. The lowest BCUT2D eigenvalue weighted by atomic mass is 10.1. The van der Waals surface area contributed by atoms with Crippen LogP contribution >= 0.6 is 11.8 Å². The van der Waals surface area contributed by atoms with Crippen molar-refractivity contribution >= 4 is 29.4 Å². The molecule has 0 aliphatic carbocycles. The number of carbonyl (C=O) groups excluding carboxylic acids is 1. The van der Waals surface area contributed by atoms with E-state index in [1.165, 1.54) is 11.8 Å². The van der Waals surface area contributed by atoms with E-state index in [1.54, 1.807) is 20.5 Å². The van der Waals surface area contributed by atoms with Crippen LogP contribution in [0.3, 0.4) is 0 Å². The fourth-order valence-electron chi connectivity index (χ4n) is 3.53. The van der Waals surface area contributed by atoms with Crippen molar-refractivity contribution in [3.05, 3.63) is 54.4 Å². The molecule has 2 aliphatic rings. The lowest BCUT2D eigenvalue weighted by Crippen LogP contribution is -2.27. The molecule has 0 bridgehead atoms. The predicted molar refractivity (Wildman–Crippen MR) is 143 cm³/mol. The number of rotatable bonds is 8. The zero-order chi connectivity index (χ0) is 26.6. The normalized spacial score (nSPS) is 11.4. The van der Waals surface area contributed by atoms with Crippen molar-refractivity contribution in [1.82, 2.24) is 19.5 Å². The van der Waals surface area contributed by atoms with Crippen LogP contribution in [0.25, 0.3) is 11.5 Å². The van der Waals surface area contributed by atoms with E-state index in [2.05, 4.69) is 15.3 Å². The van der Waals surface area contributed by atoms with E-state index in [1.807, 2.05) is 67.8 Å². The minimum atomic E-state index is -0.554. The van der Waals surface area contributed by atoms with Gasteiger partial charge in [-0.15, -0.1) is 0 Å². The summed E-state index contributed by atoms with van der Waals surface area (Å²) in [5.74, 6) is 2.38. The van der Waals surface area contributed by atoms with Crippen LogP contribution < -0.4 is 20.5 Å². The average molecular weight is 523 g/mol. The lowest BCUT2D eigenvalue weighted by Gasteiger charge is -2.19. The third kappa shape index (κ3) is 6.62. The number of hydrogen-bond donors (Lipinski definition) is 2. The molecule has 2 aliphatic heterocycles. The maximum Gasteiger partial charge on any atom is 0.412 e. The fourth-order valence-corrected chi connectivity index (χ4v) is 4.42. The van der Waals surface area contributed by atoms with Gasteiger partial charge in [0.25, 0.3) is 0 Å². The minimum Gasteiger partial charge on any atom is -0.497 e. The molecule has 3 N–H and O–H groups in total. The summed E-state index contributed by atoms with van der Waals surface area (Å²) >= 11 is 1.37. The van der Waals surface area contributed by atoms with E-state index in [0.29, 0.717) is 46.2 Å². The Morgan fingerprint density at radius 3 is 2.51 bits per heavy atom. The molecule has 194 valence electrons. The summed E-state index contributed by atoms with van der Waals surface area (Å²) in [6, 6.07) is 13.2. The van der Waals surface area contributed by atoms with Crippen LogP contribution in [-0.4, -0.2) is 45.4 Å². The zero-order valence-corrected chi connectivity index (χ0v) is 22.3. The summed E-state index contributed by atoms with van der Waals surface area (Å²) in [5.41, 5.74) is 7.85. The van der Waals surface area contributed by atoms with Gasteiger partial charge in [-0.2, -0.15) is 0 Å². The Morgan fingerprint density at radius 1 is 1.08 bits per heavy atom. The first kappa shape index (κ1) is 26.1. The molecule has 2 aromatic rings. The van der Waals surface area contributed by atoms with Gasteiger partial charge in [0.05, 0.1) is 25.4 Å². The molecule has 4 rings (SSSR count). The van der Waals surface area contributed by atoms with E-state index >= 15 is 0 Å². The van der Waals surface area contributed by atoms with Crippen LogP contribution in [0.5, 0.6) is 11.5 Å². The number of benzene rings is 2. The quantitative estimate of drug-likeness (QED) is 0.324. The summed E-state index contributed by atoms with van der Waals surface area (Å²) in [4.78, 5) is 26.4. The zero-order valence-electron chi connectivity index (χ0n) is 21.4. The molecule has 0 aromatic heterocycles. The number of amides is 1. The van der Waals surface area contributed by atoms with Crippen LogP contribution in [0.4, 0.5) is 16.3 Å². The van der Waals surface area contributed by atoms with Gasteiger partial charge in [0, 0.05) is 12.2 Å². The molecule has 11 heteroatoms. The van der Waals surface area contributed by atoms with E-state index in [-0.39, 0.29) is 0 Å². The highest BCUT2D eigenvalue weighted by atomic mass is 32.2. The maximum atomic E-state index is 12.0. The Balaban J connectivity index is 1.47. The molecule has 0 saturated heterocycles. The van der Waals surface area contributed by atoms with E-state index in [0.717, 1.165) is 16.9 Å². The molecule has 37 heavy (non-hydrogen) atoms. The second-order valence-electron chi connectivity index (χ2n) is 9.19. The molecule has 0 fully saturated rings. The number of fused-ring (bicyclic) bond motifs is 1. The fraction of sp³-hybridized carbons (Fsp3) is 0.308. The summed E-state index contributed by atoms with van der Waals surface area (Å²) in [5, 5.41) is 3.28. The van der Waals surface area contributed by atoms with Crippen LogP contribution in [0.2, 0.25) is 0 Å². The third-order valence-corrected chi connectivity index (χ3v) is 6.19. The monoisotopic (exact) mass is 522 g/mol. The number of nitrogens with zero attached hydrogens (tertiary/aromatic N) is 4. The Hall–Kier alpha value is -3.99. The predicted octanol–water partition coefficient (Wildman–Crippen LogP) is 5.12. The van der Waals surface area contributed by atoms with Crippen molar-refractivity contribution in [2.24, 2.45) is 0 Å². The SMILES string of the molecule is COc1ccc(OC)c(Sc2nc3c(N)ncn(CCc4ccc(NC(=O)OC(C)(C)C)cc4)c-3n2)c1. The minimum absolute atomic E-state index is 0.320. The molecule has 0 radical (unpaired) electrons. The van der Waals surface area contributed by atoms with Crippen LogP contribution in [-0.2, 0) is 17.7 Å². The topological polar surface area (TPSA) is 126 Å². The van der Waals surface area contributed by atoms with Crippen molar-refractivity contribution in [3.63, 3.8) is 0 Å². The van der Waals surface area contributed by atoms with Gasteiger partial charge in [0.1, 0.15) is 17.1 Å². The molecule has 0 atom stereocenters. The second kappa shape index (κ2) is 11.0. The summed E-state index contributed by atoms with van der Waals surface area (Å²) in [7, 11) is 3.23. The number of methoxy groups -OCH3 is 2. The first-order chi connectivity index (χ1) is 17.6. The number of nitrogen functional groups attached to an aromatic ring is 1. The molecular formula is C26H30N6O4S. The Kier molecular flexibility index (Phi) is 7.72. The highest BCUT2D eigenvalue weighted by Gasteiger charge is 2.21. The van der Waals surface area contributed by atoms with Gasteiger partial charge in [-0.3, -0.25) is 5.32 Å². The Bertz CT molecular complexity index is 1350. The van der Waals surface area contributed by atoms with Gasteiger partial charge < -0.3 is 24.5 Å². The Morgan fingerprint density at radius 2 is 1.84 bits per heavy atom. The molecule has 0 spiro atoms. The first-order valence-corrected chi connectivity index (χ1v) is 12.4. The van der Waals surface area contributed by atoms with Crippen molar-refractivity contribution in [3.8, 4) is 23.0 Å². The standard InChI is InChI=1S/C26H30N6O4S/c1-26(2,3)36-25(33)29-17-8-6-16(7-9-17)12-13-32-15-28-22(27)21-23(32)31-24(30-21)37-20-14-18(34-4)10-11-19(20)35-5/h6-11,14-15H,12-13,27H2,1-5H3,(H,29,33). The van der Waals surface area contributed by atoms with Gasteiger partial charge in [-0.05, 0) is 74.8 Å². The third-order valence-electron chi connectivity index (χ3n) is 5.28. The number of imidazole rings is 1. The van der Waals surface area contributed by atoms with Gasteiger partial charge in [0.15, 0.2) is 22.5 Å². The second-order valence-corrected chi connectivity index (χ2v) is 10.2. The molecular weight excluding hydrogens is 492 g/mol. The number of nitrogens with two attached hydrogens (primary N) is 1. The molecule has 10 nitrogen and oxygen atoms in total. The first-order valence-electron chi connectivity index (χ1n) is 11.6. The summed E-state index contributed by atoms with van der Waals surface area (Å²) in [6.45, 7) is 6.09. The smallest absolute Gasteiger partial charge is 0.412 e. The number of anilines is 2. The molecule has 0 saturated carbocycles. The average Bonchev–Trinajstić information content (AvgIpc) is 3.28. The highest BCUT2D eigenvalue weighted by Crippen LogP contribution is 2.38.